The van der Waals surface area contributed by atoms with Gasteiger partial charge in [-0.3, -0.25) is 10.1 Å². The molecule has 2 aromatic carbocycles. The molecule has 0 spiro atoms. The van der Waals surface area contributed by atoms with Gasteiger partial charge in [-0.25, -0.2) is 4.98 Å². The number of aryl methyl sites for hydroxylation is 1. The van der Waals surface area contributed by atoms with Crippen LogP contribution < -0.4 is 10.6 Å². The SMILES string of the molecule is Cc1ncsc1[C@H](Nc1ccc2ncc(C#N)c(N[C@H](C)c3ccccc3)c2c1)c1c[nH]nn1. The number of hydrogen-bond donors (Lipinski definition) is 3. The first-order valence-corrected chi connectivity index (χ1v) is 11.7. The van der Waals surface area contributed by atoms with Gasteiger partial charge in [-0.1, -0.05) is 35.5 Å². The Kier molecular flexibility index (Phi) is 5.89. The van der Waals surface area contributed by atoms with Crippen molar-refractivity contribution in [1.29, 1.82) is 5.26 Å². The Hall–Kier alpha value is -4.29. The van der Waals surface area contributed by atoms with Crippen molar-refractivity contribution in [2.45, 2.75) is 25.9 Å². The Morgan fingerprint density at radius 3 is 2.65 bits per heavy atom. The van der Waals surface area contributed by atoms with E-state index >= 15 is 0 Å². The molecule has 0 amide bonds. The van der Waals surface area contributed by atoms with Crippen LogP contribution >= 0.6 is 11.3 Å². The molecule has 0 bridgehead atoms. The van der Waals surface area contributed by atoms with Crippen molar-refractivity contribution < 1.29 is 0 Å². The largest absolute Gasteiger partial charge is 0.377 e. The first kappa shape index (κ1) is 21.6. The molecular weight excluding hydrogens is 444 g/mol. The molecule has 2 atom stereocenters. The van der Waals surface area contributed by atoms with E-state index in [1.807, 2.05) is 48.8 Å². The summed E-state index contributed by atoms with van der Waals surface area (Å²) in [7, 11) is 0. The van der Waals surface area contributed by atoms with E-state index < -0.39 is 0 Å². The second-order valence-electron chi connectivity index (χ2n) is 7.94. The lowest BCUT2D eigenvalue weighted by atomic mass is 10.0. The maximum atomic E-state index is 9.79. The Morgan fingerprint density at radius 1 is 1.09 bits per heavy atom. The highest BCUT2D eigenvalue weighted by molar-refractivity contribution is 7.09. The molecule has 3 N–H and O–H groups in total. The maximum Gasteiger partial charge on any atom is 0.110 e. The fourth-order valence-corrected chi connectivity index (χ4v) is 4.81. The van der Waals surface area contributed by atoms with Crippen LogP contribution in [0.4, 0.5) is 11.4 Å². The fourth-order valence-electron chi connectivity index (χ4n) is 3.94. The molecule has 3 aromatic heterocycles. The summed E-state index contributed by atoms with van der Waals surface area (Å²) in [5.74, 6) is 0. The van der Waals surface area contributed by atoms with Crippen LogP contribution in [0.1, 0.15) is 46.4 Å². The zero-order valence-electron chi connectivity index (χ0n) is 18.6. The monoisotopic (exact) mass is 466 g/mol. The number of benzene rings is 2. The highest BCUT2D eigenvalue weighted by Crippen LogP contribution is 2.34. The van der Waals surface area contributed by atoms with Gasteiger partial charge >= 0.3 is 0 Å². The smallest absolute Gasteiger partial charge is 0.110 e. The number of nitrogens with zero attached hydrogens (tertiary/aromatic N) is 5. The molecule has 0 radical (unpaired) electrons. The number of nitriles is 1. The van der Waals surface area contributed by atoms with E-state index in [4.69, 9.17) is 0 Å². The minimum atomic E-state index is -0.213. The second kappa shape index (κ2) is 9.29. The van der Waals surface area contributed by atoms with Gasteiger partial charge in [0, 0.05) is 29.5 Å². The number of H-pyrrole nitrogens is 1. The van der Waals surface area contributed by atoms with Crippen LogP contribution in [-0.2, 0) is 0 Å². The van der Waals surface area contributed by atoms with Crippen molar-refractivity contribution in [2.24, 2.45) is 0 Å². The quantitative estimate of drug-likeness (QED) is 0.295. The molecule has 0 aliphatic rings. The molecule has 0 saturated carbocycles. The van der Waals surface area contributed by atoms with Gasteiger partial charge in [-0.15, -0.1) is 16.4 Å². The maximum absolute atomic E-state index is 9.79. The fraction of sp³-hybridized carbons (Fsp3) is 0.160. The summed E-state index contributed by atoms with van der Waals surface area (Å²) in [6, 6.07) is 18.2. The zero-order chi connectivity index (χ0) is 23.5. The minimum absolute atomic E-state index is 0.0123. The van der Waals surface area contributed by atoms with E-state index in [1.165, 1.54) is 0 Å². The number of aromatic nitrogens is 5. The normalized spacial score (nSPS) is 12.7. The van der Waals surface area contributed by atoms with Crippen molar-refractivity contribution >= 4 is 33.6 Å². The summed E-state index contributed by atoms with van der Waals surface area (Å²) in [6.07, 6.45) is 3.40. The molecule has 0 saturated heterocycles. The third-order valence-electron chi connectivity index (χ3n) is 5.74. The van der Waals surface area contributed by atoms with Crippen LogP contribution in [0, 0.1) is 18.3 Å². The van der Waals surface area contributed by atoms with Crippen LogP contribution in [0.15, 0.2) is 66.4 Å². The standard InChI is InChI=1S/C25H22N8S/c1-15(17-6-4-3-5-7-17)30-23-18(11-26)12-27-21-9-8-19(10-20(21)23)31-24(22-13-29-33-32-22)25-16(2)28-14-34-25/h3-10,12-15,24,31H,1-2H3,(H,27,30)(H,29,32,33)/t15-,24-/m1/s1. The average Bonchev–Trinajstić information content (AvgIpc) is 3.55. The van der Waals surface area contributed by atoms with E-state index in [0.29, 0.717) is 5.56 Å². The Morgan fingerprint density at radius 2 is 1.94 bits per heavy atom. The van der Waals surface area contributed by atoms with Crippen molar-refractivity contribution in [1.82, 2.24) is 25.4 Å². The van der Waals surface area contributed by atoms with Crippen molar-refractivity contribution in [3.05, 3.63) is 93.8 Å². The summed E-state index contributed by atoms with van der Waals surface area (Å²) in [4.78, 5) is 9.97. The van der Waals surface area contributed by atoms with Gasteiger partial charge in [0.15, 0.2) is 0 Å². The van der Waals surface area contributed by atoms with E-state index in [1.54, 1.807) is 23.7 Å². The summed E-state index contributed by atoms with van der Waals surface area (Å²) >= 11 is 1.57. The van der Waals surface area contributed by atoms with Gasteiger partial charge in [0.05, 0.1) is 32.8 Å². The van der Waals surface area contributed by atoms with Gasteiger partial charge in [-0.05, 0) is 37.6 Å². The molecular formula is C25H22N8S. The lowest BCUT2D eigenvalue weighted by molar-refractivity contribution is 0.855. The number of nitrogens with one attached hydrogen (secondary N) is 3. The highest BCUT2D eigenvalue weighted by Gasteiger charge is 2.22. The molecule has 5 rings (SSSR count). The number of fused-ring (bicyclic) bond motifs is 1. The third kappa shape index (κ3) is 4.19. The number of anilines is 2. The van der Waals surface area contributed by atoms with Gasteiger partial charge < -0.3 is 10.6 Å². The molecule has 8 nitrogen and oxygen atoms in total. The topological polar surface area (TPSA) is 115 Å². The van der Waals surface area contributed by atoms with Crippen LogP contribution in [0.5, 0.6) is 0 Å². The van der Waals surface area contributed by atoms with Crippen molar-refractivity contribution in [3.63, 3.8) is 0 Å². The van der Waals surface area contributed by atoms with Gasteiger partial charge in [0.2, 0.25) is 0 Å². The van der Waals surface area contributed by atoms with Crippen LogP contribution in [0.3, 0.4) is 0 Å². The van der Waals surface area contributed by atoms with Crippen molar-refractivity contribution in [3.8, 4) is 6.07 Å². The number of rotatable bonds is 7. The first-order chi connectivity index (χ1) is 16.6. The average molecular weight is 467 g/mol. The molecule has 3 heterocycles. The lowest BCUT2D eigenvalue weighted by Crippen LogP contribution is -2.13. The van der Waals surface area contributed by atoms with E-state index in [9.17, 15) is 5.26 Å². The van der Waals surface area contributed by atoms with Gasteiger partial charge in [0.1, 0.15) is 17.8 Å². The van der Waals surface area contributed by atoms with E-state index in [-0.39, 0.29) is 12.1 Å². The molecule has 0 aliphatic heterocycles. The van der Waals surface area contributed by atoms with Gasteiger partial charge in [-0.2, -0.15) is 5.26 Å². The molecule has 9 heteroatoms. The Balaban J connectivity index is 1.55. The number of thiazole rings is 1. The minimum Gasteiger partial charge on any atom is -0.377 e. The van der Waals surface area contributed by atoms with E-state index in [0.717, 1.165) is 44.1 Å². The van der Waals surface area contributed by atoms with Gasteiger partial charge in [0.25, 0.3) is 0 Å². The lowest BCUT2D eigenvalue weighted by Gasteiger charge is -2.20. The number of hydrogen-bond acceptors (Lipinski definition) is 8. The van der Waals surface area contributed by atoms with Crippen LogP contribution in [-0.4, -0.2) is 25.4 Å². The molecule has 168 valence electrons. The molecule has 0 aliphatic carbocycles. The third-order valence-corrected chi connectivity index (χ3v) is 6.73. The van der Waals surface area contributed by atoms with Crippen molar-refractivity contribution in [2.75, 3.05) is 10.6 Å². The van der Waals surface area contributed by atoms with Crippen LogP contribution in [0.25, 0.3) is 10.9 Å². The zero-order valence-corrected chi connectivity index (χ0v) is 19.5. The molecule has 0 unspecified atom stereocenters. The highest BCUT2D eigenvalue weighted by atomic mass is 32.1. The second-order valence-corrected chi connectivity index (χ2v) is 8.83. The van der Waals surface area contributed by atoms with Crippen LogP contribution in [0.2, 0.25) is 0 Å². The number of pyridine rings is 1. The van der Waals surface area contributed by atoms with E-state index in [2.05, 4.69) is 61.1 Å². The molecule has 0 fully saturated rings. The number of aromatic amines is 1. The Labute approximate surface area is 200 Å². The predicted octanol–water partition coefficient (Wildman–Crippen LogP) is 5.36. The summed E-state index contributed by atoms with van der Waals surface area (Å²) in [5.41, 5.74) is 7.62. The molecule has 5 aromatic rings. The Bertz CT molecular complexity index is 1450. The summed E-state index contributed by atoms with van der Waals surface area (Å²) in [6.45, 7) is 4.06. The summed E-state index contributed by atoms with van der Waals surface area (Å²) < 4.78 is 0. The first-order valence-electron chi connectivity index (χ1n) is 10.8. The summed E-state index contributed by atoms with van der Waals surface area (Å²) in [5, 5.41) is 28.7. The predicted molar refractivity (Wildman–Crippen MR) is 134 cm³/mol. The molecule has 34 heavy (non-hydrogen) atoms.